The van der Waals surface area contributed by atoms with Crippen LogP contribution in [-0.4, -0.2) is 35.8 Å². The van der Waals surface area contributed by atoms with Crippen molar-refractivity contribution in [3.63, 3.8) is 0 Å². The summed E-state index contributed by atoms with van der Waals surface area (Å²) in [5.41, 5.74) is 5.84. The van der Waals surface area contributed by atoms with Gasteiger partial charge >= 0.3 is 5.97 Å². The van der Waals surface area contributed by atoms with Crippen LogP contribution >= 0.6 is 0 Å². The molecular weight excluding hydrogens is 440 g/mol. The number of pyridine rings is 1. The topological polar surface area (TPSA) is 98.5 Å². The Bertz CT molecular complexity index is 1280. The number of nitrogens with one attached hydrogen (secondary N) is 1. The third kappa shape index (κ3) is 5.07. The zero-order valence-corrected chi connectivity index (χ0v) is 19.5. The van der Waals surface area contributed by atoms with Crippen molar-refractivity contribution in [2.45, 2.75) is 38.1 Å². The molecule has 1 unspecified atom stereocenters. The van der Waals surface area contributed by atoms with E-state index in [-0.39, 0.29) is 12.5 Å². The summed E-state index contributed by atoms with van der Waals surface area (Å²) >= 11 is 0. The van der Waals surface area contributed by atoms with Gasteiger partial charge in [-0.25, -0.2) is 4.98 Å². The molecule has 0 aliphatic carbocycles. The van der Waals surface area contributed by atoms with Crippen LogP contribution in [0.1, 0.15) is 46.8 Å². The largest absolute Gasteiger partial charge is 0.493 e. The van der Waals surface area contributed by atoms with E-state index < -0.39 is 5.97 Å². The number of carboxylic acid groups (broad SMARTS) is 1. The first-order chi connectivity index (χ1) is 17.1. The minimum absolute atomic E-state index is 0.0325. The van der Waals surface area contributed by atoms with Gasteiger partial charge < -0.3 is 20.1 Å². The molecule has 7 nitrogen and oxygen atoms in total. The van der Waals surface area contributed by atoms with Gasteiger partial charge in [-0.1, -0.05) is 18.2 Å². The number of carboxylic acids is 1. The van der Waals surface area contributed by atoms with Gasteiger partial charge in [-0.3, -0.25) is 4.79 Å². The Morgan fingerprint density at radius 1 is 1.17 bits per heavy atom. The average molecular weight is 469 g/mol. The second kappa shape index (κ2) is 10.1. The van der Waals surface area contributed by atoms with Crippen molar-refractivity contribution < 1.29 is 14.6 Å². The van der Waals surface area contributed by atoms with Gasteiger partial charge in [0.1, 0.15) is 11.6 Å². The second-order valence-electron chi connectivity index (χ2n) is 9.02. The highest BCUT2D eigenvalue weighted by Gasteiger charge is 2.29. The van der Waals surface area contributed by atoms with E-state index in [9.17, 15) is 15.2 Å². The standard InChI is InChI=1S/C28H28N4O3/c29-18-19-3-1-4-21(15-19)26(17-27(33)34)32-13-10-22-16-24(8-9-25(22)32)35-14-11-23-7-6-20-5-2-12-30-28(20)31-23/h1,3-4,6-9,15-16,26H,2,5,10-14,17H2,(H,30,31)(H,33,34). The molecule has 0 bridgehead atoms. The molecule has 7 heteroatoms. The molecule has 1 atom stereocenters. The zero-order valence-electron chi connectivity index (χ0n) is 19.5. The molecule has 3 heterocycles. The van der Waals surface area contributed by atoms with Crippen LogP contribution in [0.5, 0.6) is 5.75 Å². The maximum Gasteiger partial charge on any atom is 0.305 e. The predicted molar refractivity (Wildman–Crippen MR) is 134 cm³/mol. The Labute approximate surface area is 205 Å². The van der Waals surface area contributed by atoms with E-state index >= 15 is 0 Å². The van der Waals surface area contributed by atoms with E-state index in [1.807, 2.05) is 24.3 Å². The molecule has 3 aromatic rings. The van der Waals surface area contributed by atoms with E-state index in [4.69, 9.17) is 9.72 Å². The number of fused-ring (bicyclic) bond motifs is 2. The molecule has 2 aliphatic heterocycles. The molecular formula is C28H28N4O3. The lowest BCUT2D eigenvalue weighted by Gasteiger charge is -2.30. The number of rotatable bonds is 8. The number of anilines is 2. The van der Waals surface area contributed by atoms with Crippen LogP contribution in [0.3, 0.4) is 0 Å². The first kappa shape index (κ1) is 22.7. The number of carbonyl (C=O) groups is 1. The third-order valence-electron chi connectivity index (χ3n) is 6.71. The van der Waals surface area contributed by atoms with Crippen molar-refractivity contribution in [1.29, 1.82) is 5.26 Å². The number of hydrogen-bond acceptors (Lipinski definition) is 6. The summed E-state index contributed by atoms with van der Waals surface area (Å²) in [6.07, 6.45) is 3.74. The normalized spacial score (nSPS) is 14.9. The molecule has 35 heavy (non-hydrogen) atoms. The van der Waals surface area contributed by atoms with Gasteiger partial charge in [-0.2, -0.15) is 5.26 Å². The molecule has 0 saturated carbocycles. The number of ether oxygens (including phenoxy) is 1. The monoisotopic (exact) mass is 468 g/mol. The highest BCUT2D eigenvalue weighted by atomic mass is 16.5. The van der Waals surface area contributed by atoms with Crippen LogP contribution in [0, 0.1) is 11.3 Å². The van der Waals surface area contributed by atoms with Crippen LogP contribution in [-0.2, 0) is 24.1 Å². The SMILES string of the molecule is N#Cc1cccc(C(CC(=O)O)N2CCc3cc(OCCc4ccc5c(n4)NCCC5)ccc32)c1. The van der Waals surface area contributed by atoms with Crippen LogP contribution in [0.2, 0.25) is 0 Å². The number of aryl methyl sites for hydroxylation is 1. The Hall–Kier alpha value is -4.05. The summed E-state index contributed by atoms with van der Waals surface area (Å²) in [5, 5.41) is 22.2. The number of benzene rings is 2. The molecule has 0 fully saturated rings. The molecule has 2 aliphatic rings. The van der Waals surface area contributed by atoms with Gasteiger partial charge in [0, 0.05) is 30.9 Å². The van der Waals surface area contributed by atoms with Crippen molar-refractivity contribution >= 4 is 17.5 Å². The average Bonchev–Trinajstić information content (AvgIpc) is 3.30. The molecule has 2 aromatic carbocycles. The Morgan fingerprint density at radius 3 is 2.94 bits per heavy atom. The Balaban J connectivity index is 1.27. The van der Waals surface area contributed by atoms with Crippen LogP contribution in [0.4, 0.5) is 11.5 Å². The van der Waals surface area contributed by atoms with Gasteiger partial charge in [0.2, 0.25) is 0 Å². The van der Waals surface area contributed by atoms with E-state index in [1.54, 1.807) is 12.1 Å². The molecule has 178 valence electrons. The maximum atomic E-state index is 11.7. The van der Waals surface area contributed by atoms with E-state index in [0.717, 1.165) is 72.8 Å². The zero-order chi connectivity index (χ0) is 24.2. The maximum absolute atomic E-state index is 11.7. The Morgan fingerprint density at radius 2 is 2.09 bits per heavy atom. The highest BCUT2D eigenvalue weighted by Crippen LogP contribution is 2.38. The summed E-state index contributed by atoms with van der Waals surface area (Å²) in [5.74, 6) is 0.947. The first-order valence-electron chi connectivity index (χ1n) is 12.1. The van der Waals surface area contributed by atoms with Gasteiger partial charge in [-0.15, -0.1) is 0 Å². The van der Waals surface area contributed by atoms with Crippen molar-refractivity contribution in [3.8, 4) is 11.8 Å². The fourth-order valence-electron chi connectivity index (χ4n) is 4.99. The van der Waals surface area contributed by atoms with Crippen molar-refractivity contribution in [1.82, 2.24) is 4.98 Å². The minimum atomic E-state index is -0.864. The van der Waals surface area contributed by atoms with Crippen molar-refractivity contribution in [2.24, 2.45) is 0 Å². The molecule has 5 rings (SSSR count). The van der Waals surface area contributed by atoms with E-state index in [2.05, 4.69) is 34.5 Å². The predicted octanol–water partition coefficient (Wildman–Crippen LogP) is 4.51. The quantitative estimate of drug-likeness (QED) is 0.502. The number of hydrogen-bond donors (Lipinski definition) is 2. The molecule has 0 radical (unpaired) electrons. The number of nitrogens with zero attached hydrogens (tertiary/aromatic N) is 3. The summed E-state index contributed by atoms with van der Waals surface area (Å²) in [6.45, 7) is 2.24. The highest BCUT2D eigenvalue weighted by molar-refractivity contribution is 5.70. The molecule has 2 N–H and O–H groups in total. The first-order valence-corrected chi connectivity index (χ1v) is 12.1. The minimum Gasteiger partial charge on any atom is -0.493 e. The van der Waals surface area contributed by atoms with Crippen molar-refractivity contribution in [3.05, 3.63) is 82.5 Å². The van der Waals surface area contributed by atoms with Crippen molar-refractivity contribution in [2.75, 3.05) is 29.9 Å². The van der Waals surface area contributed by atoms with Crippen LogP contribution in [0.25, 0.3) is 0 Å². The second-order valence-corrected chi connectivity index (χ2v) is 9.02. The van der Waals surface area contributed by atoms with Crippen LogP contribution < -0.4 is 15.0 Å². The fourth-order valence-corrected chi connectivity index (χ4v) is 4.99. The molecule has 0 amide bonds. The van der Waals surface area contributed by atoms with Gasteiger partial charge in [0.05, 0.1) is 30.7 Å². The van der Waals surface area contributed by atoms with E-state index in [0.29, 0.717) is 12.2 Å². The molecule has 0 saturated heterocycles. The summed E-state index contributed by atoms with van der Waals surface area (Å²) < 4.78 is 6.05. The van der Waals surface area contributed by atoms with Gasteiger partial charge in [0.15, 0.2) is 0 Å². The lowest BCUT2D eigenvalue weighted by Crippen LogP contribution is -2.28. The smallest absolute Gasteiger partial charge is 0.305 e. The summed E-state index contributed by atoms with van der Waals surface area (Å²) in [7, 11) is 0. The molecule has 1 aromatic heterocycles. The molecule has 0 spiro atoms. The van der Waals surface area contributed by atoms with Crippen LogP contribution in [0.15, 0.2) is 54.6 Å². The lowest BCUT2D eigenvalue weighted by atomic mass is 9.99. The summed E-state index contributed by atoms with van der Waals surface area (Å²) in [4.78, 5) is 18.5. The number of aliphatic carboxylic acids is 1. The van der Waals surface area contributed by atoms with Gasteiger partial charge in [0.25, 0.3) is 0 Å². The van der Waals surface area contributed by atoms with E-state index in [1.165, 1.54) is 5.56 Å². The number of nitriles is 1. The third-order valence-corrected chi connectivity index (χ3v) is 6.71. The summed E-state index contributed by atoms with van der Waals surface area (Å²) in [6, 6.07) is 19.3. The lowest BCUT2D eigenvalue weighted by molar-refractivity contribution is -0.137. The number of aromatic nitrogens is 1. The fraction of sp³-hybridized carbons (Fsp3) is 0.321. The Kier molecular flexibility index (Phi) is 6.53. The van der Waals surface area contributed by atoms with Gasteiger partial charge in [-0.05, 0) is 72.4 Å².